The molecule has 0 aliphatic carbocycles. The lowest BCUT2D eigenvalue weighted by molar-refractivity contribution is 0.415. The van der Waals surface area contributed by atoms with Gasteiger partial charge >= 0.3 is 0 Å². The number of aromatic amines is 1. The van der Waals surface area contributed by atoms with E-state index < -0.39 is 0 Å². The summed E-state index contributed by atoms with van der Waals surface area (Å²) in [6.45, 7) is 13.4. The molecule has 0 aliphatic rings. The van der Waals surface area contributed by atoms with Crippen molar-refractivity contribution in [1.29, 1.82) is 0 Å². The average molecular weight is 339 g/mol. The minimum absolute atomic E-state index is 0.0524. The van der Waals surface area contributed by atoms with Gasteiger partial charge < -0.3 is 14.5 Å². The Morgan fingerprint density at radius 2 is 1.00 bits per heavy atom. The zero-order valence-corrected chi connectivity index (χ0v) is 16.6. The molecule has 0 saturated heterocycles. The molecule has 0 aliphatic heterocycles. The van der Waals surface area contributed by atoms with Crippen LogP contribution < -0.4 is 9.47 Å². The van der Waals surface area contributed by atoms with Crippen molar-refractivity contribution in [3.05, 3.63) is 35.4 Å². The molecule has 1 aromatic heterocycles. The van der Waals surface area contributed by atoms with Crippen LogP contribution >= 0.6 is 0 Å². The van der Waals surface area contributed by atoms with Crippen molar-refractivity contribution in [3.63, 3.8) is 0 Å². The van der Waals surface area contributed by atoms with Crippen molar-refractivity contribution in [2.75, 3.05) is 14.2 Å². The molecule has 1 heterocycles. The van der Waals surface area contributed by atoms with Crippen LogP contribution in [0.3, 0.4) is 0 Å². The van der Waals surface area contributed by atoms with Crippen LogP contribution in [0.25, 0.3) is 21.8 Å². The third-order valence-corrected chi connectivity index (χ3v) is 4.92. The number of benzene rings is 2. The summed E-state index contributed by atoms with van der Waals surface area (Å²) >= 11 is 0. The summed E-state index contributed by atoms with van der Waals surface area (Å²) < 4.78 is 11.4. The standard InChI is InChI=1S/C22H29NO2/c1-21(2,3)13-9-15-16-10-14(22(4,5)6)12-18(25-8)20(16)23-19(15)17(11-13)24-7/h9-12,23H,1-8H3. The summed E-state index contributed by atoms with van der Waals surface area (Å²) in [4.78, 5) is 3.52. The average Bonchev–Trinajstić information content (AvgIpc) is 2.90. The largest absolute Gasteiger partial charge is 0.495 e. The van der Waals surface area contributed by atoms with Crippen LogP contribution in [0.2, 0.25) is 0 Å². The number of ether oxygens (including phenoxy) is 2. The van der Waals surface area contributed by atoms with E-state index in [9.17, 15) is 0 Å². The van der Waals surface area contributed by atoms with Gasteiger partial charge in [-0.15, -0.1) is 0 Å². The van der Waals surface area contributed by atoms with E-state index in [-0.39, 0.29) is 10.8 Å². The third-order valence-electron chi connectivity index (χ3n) is 4.92. The van der Waals surface area contributed by atoms with Gasteiger partial charge in [-0.1, -0.05) is 41.5 Å². The quantitative estimate of drug-likeness (QED) is 0.627. The van der Waals surface area contributed by atoms with Gasteiger partial charge in [0.25, 0.3) is 0 Å². The number of hydrogen-bond acceptors (Lipinski definition) is 2. The van der Waals surface area contributed by atoms with E-state index in [4.69, 9.17) is 9.47 Å². The second kappa shape index (κ2) is 5.69. The molecule has 0 unspecified atom stereocenters. The lowest BCUT2D eigenvalue weighted by Crippen LogP contribution is -2.11. The molecule has 3 nitrogen and oxygen atoms in total. The first-order valence-electron chi connectivity index (χ1n) is 8.78. The van der Waals surface area contributed by atoms with Gasteiger partial charge in [0, 0.05) is 10.8 Å². The zero-order valence-electron chi connectivity index (χ0n) is 16.6. The van der Waals surface area contributed by atoms with E-state index in [1.165, 1.54) is 21.9 Å². The van der Waals surface area contributed by atoms with Gasteiger partial charge in [0.2, 0.25) is 0 Å². The second-order valence-corrected chi connectivity index (χ2v) is 8.83. The highest BCUT2D eigenvalue weighted by Crippen LogP contribution is 2.41. The highest BCUT2D eigenvalue weighted by Gasteiger charge is 2.22. The van der Waals surface area contributed by atoms with E-state index in [2.05, 4.69) is 70.8 Å². The fraction of sp³-hybridized carbons (Fsp3) is 0.455. The van der Waals surface area contributed by atoms with Crippen molar-refractivity contribution < 1.29 is 9.47 Å². The first-order chi connectivity index (χ1) is 11.6. The lowest BCUT2D eigenvalue weighted by Gasteiger charge is -2.21. The van der Waals surface area contributed by atoms with Crippen LogP contribution in [0.1, 0.15) is 52.7 Å². The van der Waals surface area contributed by atoms with Crippen LogP contribution in [0.4, 0.5) is 0 Å². The Hall–Kier alpha value is -2.16. The molecule has 134 valence electrons. The summed E-state index contributed by atoms with van der Waals surface area (Å²) in [5.74, 6) is 1.75. The summed E-state index contributed by atoms with van der Waals surface area (Å²) in [6, 6.07) is 8.83. The Labute approximate surface area is 150 Å². The summed E-state index contributed by atoms with van der Waals surface area (Å²) in [5.41, 5.74) is 4.67. The number of methoxy groups -OCH3 is 2. The van der Waals surface area contributed by atoms with E-state index in [0.717, 1.165) is 22.5 Å². The Morgan fingerprint density at radius 1 is 0.640 bits per heavy atom. The normalized spacial score (nSPS) is 12.8. The molecule has 0 spiro atoms. The van der Waals surface area contributed by atoms with Crippen molar-refractivity contribution in [3.8, 4) is 11.5 Å². The maximum absolute atomic E-state index is 5.69. The monoisotopic (exact) mass is 339 g/mol. The van der Waals surface area contributed by atoms with Crippen LogP contribution in [0, 0.1) is 0 Å². The minimum Gasteiger partial charge on any atom is -0.495 e. The maximum atomic E-state index is 5.69. The third kappa shape index (κ3) is 2.97. The van der Waals surface area contributed by atoms with Crippen LogP contribution in [-0.4, -0.2) is 19.2 Å². The molecule has 3 rings (SSSR count). The molecule has 0 bridgehead atoms. The molecule has 1 N–H and O–H groups in total. The van der Waals surface area contributed by atoms with E-state index in [0.29, 0.717) is 0 Å². The molecule has 0 radical (unpaired) electrons. The summed E-state index contributed by atoms with van der Waals surface area (Å²) in [7, 11) is 3.45. The van der Waals surface area contributed by atoms with Gasteiger partial charge in [-0.2, -0.15) is 0 Å². The summed E-state index contributed by atoms with van der Waals surface area (Å²) in [5, 5.41) is 2.37. The lowest BCUT2D eigenvalue weighted by atomic mass is 9.84. The van der Waals surface area contributed by atoms with E-state index >= 15 is 0 Å². The number of hydrogen-bond donors (Lipinski definition) is 1. The predicted octanol–water partition coefficient (Wildman–Crippen LogP) is 5.93. The first-order valence-corrected chi connectivity index (χ1v) is 8.78. The van der Waals surface area contributed by atoms with Crippen LogP contribution in [-0.2, 0) is 10.8 Å². The molecule has 0 amide bonds. The fourth-order valence-electron chi connectivity index (χ4n) is 3.23. The van der Waals surface area contributed by atoms with Gasteiger partial charge in [-0.25, -0.2) is 0 Å². The van der Waals surface area contributed by atoms with Crippen molar-refractivity contribution >= 4 is 21.8 Å². The Kier molecular flexibility index (Phi) is 4.02. The van der Waals surface area contributed by atoms with Gasteiger partial charge in [0.15, 0.2) is 0 Å². The molecule has 0 atom stereocenters. The SMILES string of the molecule is COc1cc(C(C)(C)C)cc2c1[nH]c1c(OC)cc(C(C)(C)C)cc12. The van der Waals surface area contributed by atoms with Gasteiger partial charge in [0.1, 0.15) is 11.5 Å². The van der Waals surface area contributed by atoms with Crippen LogP contribution in [0.5, 0.6) is 11.5 Å². The highest BCUT2D eigenvalue weighted by molar-refractivity contribution is 6.11. The van der Waals surface area contributed by atoms with Crippen molar-refractivity contribution in [1.82, 2.24) is 4.98 Å². The zero-order chi connectivity index (χ0) is 18.6. The Morgan fingerprint density at radius 3 is 1.28 bits per heavy atom. The Bertz CT molecular complexity index is 860. The molecule has 0 fully saturated rings. The number of fused-ring (bicyclic) bond motifs is 3. The van der Waals surface area contributed by atoms with Crippen molar-refractivity contribution in [2.24, 2.45) is 0 Å². The smallest absolute Gasteiger partial charge is 0.143 e. The fourth-order valence-corrected chi connectivity index (χ4v) is 3.23. The molecule has 2 aromatic carbocycles. The summed E-state index contributed by atoms with van der Waals surface area (Å²) in [6.07, 6.45) is 0. The molecule has 3 aromatic rings. The maximum Gasteiger partial charge on any atom is 0.143 e. The highest BCUT2D eigenvalue weighted by atomic mass is 16.5. The number of nitrogens with one attached hydrogen (secondary N) is 1. The topological polar surface area (TPSA) is 34.2 Å². The minimum atomic E-state index is 0.0524. The number of aromatic nitrogens is 1. The second-order valence-electron chi connectivity index (χ2n) is 8.83. The van der Waals surface area contributed by atoms with Crippen molar-refractivity contribution in [2.45, 2.75) is 52.4 Å². The Balaban J connectivity index is 2.46. The molecule has 3 heteroatoms. The molecule has 25 heavy (non-hydrogen) atoms. The van der Waals surface area contributed by atoms with Crippen LogP contribution in [0.15, 0.2) is 24.3 Å². The number of rotatable bonds is 2. The molecular weight excluding hydrogens is 310 g/mol. The predicted molar refractivity (Wildman–Crippen MR) is 106 cm³/mol. The van der Waals surface area contributed by atoms with Gasteiger partial charge in [0.05, 0.1) is 25.3 Å². The van der Waals surface area contributed by atoms with Gasteiger partial charge in [-0.3, -0.25) is 0 Å². The molecule has 0 saturated carbocycles. The van der Waals surface area contributed by atoms with E-state index in [1.807, 2.05) is 0 Å². The number of H-pyrrole nitrogens is 1. The van der Waals surface area contributed by atoms with Gasteiger partial charge in [-0.05, 0) is 46.2 Å². The molecular formula is C22H29NO2. The first kappa shape index (κ1) is 17.7. The van der Waals surface area contributed by atoms with E-state index in [1.54, 1.807) is 14.2 Å².